The van der Waals surface area contributed by atoms with Crippen molar-refractivity contribution in [3.05, 3.63) is 35.4 Å². The Morgan fingerprint density at radius 1 is 1.19 bits per heavy atom. The minimum atomic E-state index is 0.262. The first-order valence-corrected chi connectivity index (χ1v) is 8.57. The lowest BCUT2D eigenvalue weighted by molar-refractivity contribution is 0.0163. The third-order valence-electron chi connectivity index (χ3n) is 6.00. The number of fused-ring (bicyclic) bond motifs is 1. The number of piperazine rings is 1. The number of hydrogen-bond donors (Lipinski definition) is 1. The number of benzene rings is 1. The molecule has 1 N–H and O–H groups in total. The van der Waals surface area contributed by atoms with Crippen molar-refractivity contribution in [1.82, 2.24) is 10.2 Å². The summed E-state index contributed by atoms with van der Waals surface area (Å²) in [6.45, 7) is 12.9. The zero-order chi connectivity index (χ0) is 15.1. The molecule has 0 aromatic heterocycles. The Morgan fingerprint density at radius 2 is 1.90 bits per heavy atom. The van der Waals surface area contributed by atoms with Crippen molar-refractivity contribution >= 4 is 0 Å². The molecule has 1 aromatic carbocycles. The summed E-state index contributed by atoms with van der Waals surface area (Å²) in [6, 6.07) is 8.97. The normalized spacial score (nSPS) is 27.0. The quantitative estimate of drug-likeness (QED) is 0.910. The Bertz CT molecular complexity index is 502. The molecular weight excluding hydrogens is 256 g/mol. The van der Waals surface area contributed by atoms with Crippen LogP contribution in [-0.2, 0) is 6.42 Å². The van der Waals surface area contributed by atoms with Crippen LogP contribution in [0.25, 0.3) is 0 Å². The van der Waals surface area contributed by atoms with Gasteiger partial charge in [0.2, 0.25) is 0 Å². The third-order valence-corrected chi connectivity index (χ3v) is 6.00. The Balaban J connectivity index is 1.74. The van der Waals surface area contributed by atoms with E-state index in [1.54, 1.807) is 11.1 Å². The molecule has 1 fully saturated rings. The summed E-state index contributed by atoms with van der Waals surface area (Å²) in [5, 5.41) is 3.84. The molecule has 0 saturated carbocycles. The van der Waals surface area contributed by atoms with Gasteiger partial charge in [-0.25, -0.2) is 0 Å². The summed E-state index contributed by atoms with van der Waals surface area (Å²) in [5.74, 6) is 0.741. The Labute approximate surface area is 129 Å². The summed E-state index contributed by atoms with van der Waals surface area (Å²) in [7, 11) is 0. The van der Waals surface area contributed by atoms with Crippen molar-refractivity contribution in [2.24, 2.45) is 0 Å². The van der Waals surface area contributed by atoms with E-state index < -0.39 is 0 Å². The molecule has 116 valence electrons. The standard InChI is InChI=1S/C19H30N2/c1-5-19(6-2)14-21(18(3,4)13-20-19)12-16-11-15-9-7-8-10-17(15)16/h7-10,16,20H,5-6,11-14H2,1-4H3. The van der Waals surface area contributed by atoms with Crippen LogP contribution in [0, 0.1) is 0 Å². The maximum absolute atomic E-state index is 3.84. The van der Waals surface area contributed by atoms with E-state index in [0.29, 0.717) is 5.54 Å². The Morgan fingerprint density at radius 3 is 2.57 bits per heavy atom. The maximum atomic E-state index is 3.84. The Hall–Kier alpha value is -0.860. The van der Waals surface area contributed by atoms with Crippen LogP contribution in [0.4, 0.5) is 0 Å². The van der Waals surface area contributed by atoms with Gasteiger partial charge in [0.25, 0.3) is 0 Å². The van der Waals surface area contributed by atoms with E-state index >= 15 is 0 Å². The largest absolute Gasteiger partial charge is 0.308 e. The molecule has 1 atom stereocenters. The number of rotatable bonds is 4. The molecular formula is C19H30N2. The lowest BCUT2D eigenvalue weighted by atomic mass is 9.76. The molecule has 1 aliphatic carbocycles. The SMILES string of the molecule is CCC1(CC)CN(CC2Cc3ccccc32)C(C)(C)CN1. The molecule has 2 heteroatoms. The fraction of sp³-hybridized carbons (Fsp3) is 0.684. The second-order valence-electron chi connectivity index (χ2n) is 7.63. The minimum absolute atomic E-state index is 0.262. The van der Waals surface area contributed by atoms with Gasteiger partial charge in [-0.2, -0.15) is 0 Å². The number of nitrogens with zero attached hydrogens (tertiary/aromatic N) is 1. The van der Waals surface area contributed by atoms with Crippen LogP contribution in [0.2, 0.25) is 0 Å². The van der Waals surface area contributed by atoms with Crippen molar-refractivity contribution < 1.29 is 0 Å². The van der Waals surface area contributed by atoms with Gasteiger partial charge in [0.05, 0.1) is 0 Å². The van der Waals surface area contributed by atoms with Gasteiger partial charge in [0.1, 0.15) is 0 Å². The first-order chi connectivity index (χ1) is 10.00. The average molecular weight is 286 g/mol. The lowest BCUT2D eigenvalue weighted by Gasteiger charge is -2.53. The molecule has 1 unspecified atom stereocenters. The average Bonchev–Trinajstić information content (AvgIpc) is 2.47. The van der Waals surface area contributed by atoms with E-state index in [0.717, 1.165) is 12.5 Å². The predicted molar refractivity (Wildman–Crippen MR) is 89.9 cm³/mol. The highest BCUT2D eigenvalue weighted by Gasteiger charge is 2.42. The van der Waals surface area contributed by atoms with Crippen molar-refractivity contribution in [2.45, 2.75) is 64.0 Å². The first kappa shape index (κ1) is 15.1. The molecule has 2 nitrogen and oxygen atoms in total. The van der Waals surface area contributed by atoms with Gasteiger partial charge in [0, 0.05) is 36.6 Å². The van der Waals surface area contributed by atoms with Crippen LogP contribution in [-0.4, -0.2) is 35.6 Å². The van der Waals surface area contributed by atoms with Gasteiger partial charge in [0.15, 0.2) is 0 Å². The van der Waals surface area contributed by atoms with Gasteiger partial charge < -0.3 is 5.32 Å². The molecule has 0 radical (unpaired) electrons. The van der Waals surface area contributed by atoms with Crippen molar-refractivity contribution in [3.8, 4) is 0 Å². The summed E-state index contributed by atoms with van der Waals surface area (Å²) < 4.78 is 0. The fourth-order valence-corrected chi connectivity index (χ4v) is 3.98. The van der Waals surface area contributed by atoms with Gasteiger partial charge in [-0.15, -0.1) is 0 Å². The first-order valence-electron chi connectivity index (χ1n) is 8.57. The fourth-order valence-electron chi connectivity index (χ4n) is 3.98. The van der Waals surface area contributed by atoms with Crippen molar-refractivity contribution in [3.63, 3.8) is 0 Å². The lowest BCUT2D eigenvalue weighted by Crippen LogP contribution is -2.68. The highest BCUT2D eigenvalue weighted by atomic mass is 15.3. The highest BCUT2D eigenvalue weighted by molar-refractivity contribution is 5.40. The molecule has 1 saturated heterocycles. The topological polar surface area (TPSA) is 15.3 Å². The monoisotopic (exact) mass is 286 g/mol. The van der Waals surface area contributed by atoms with Gasteiger partial charge in [-0.05, 0) is 44.2 Å². The molecule has 1 heterocycles. The summed E-state index contributed by atoms with van der Waals surface area (Å²) in [6.07, 6.45) is 3.70. The van der Waals surface area contributed by atoms with E-state index in [-0.39, 0.29) is 5.54 Å². The molecule has 0 spiro atoms. The highest BCUT2D eigenvalue weighted by Crippen LogP contribution is 2.38. The molecule has 21 heavy (non-hydrogen) atoms. The predicted octanol–water partition coefficient (Wildman–Crippen LogP) is 3.57. The van der Waals surface area contributed by atoms with Gasteiger partial charge in [-0.1, -0.05) is 38.1 Å². The maximum Gasteiger partial charge on any atom is 0.0304 e. The van der Waals surface area contributed by atoms with Crippen LogP contribution in [0.3, 0.4) is 0 Å². The molecule has 0 bridgehead atoms. The zero-order valence-corrected chi connectivity index (χ0v) is 14.1. The van der Waals surface area contributed by atoms with E-state index in [4.69, 9.17) is 0 Å². The van der Waals surface area contributed by atoms with Crippen molar-refractivity contribution in [1.29, 1.82) is 0 Å². The summed E-state index contributed by atoms with van der Waals surface area (Å²) in [4.78, 5) is 2.75. The second-order valence-corrected chi connectivity index (χ2v) is 7.63. The van der Waals surface area contributed by atoms with E-state index in [1.165, 1.54) is 32.4 Å². The molecule has 3 rings (SSSR count). The van der Waals surface area contributed by atoms with Gasteiger partial charge in [-0.3, -0.25) is 4.90 Å². The van der Waals surface area contributed by atoms with E-state index in [2.05, 4.69) is 62.2 Å². The summed E-state index contributed by atoms with van der Waals surface area (Å²) in [5.41, 5.74) is 3.73. The number of nitrogens with one attached hydrogen (secondary N) is 1. The van der Waals surface area contributed by atoms with E-state index in [1.807, 2.05) is 0 Å². The molecule has 1 aliphatic heterocycles. The smallest absolute Gasteiger partial charge is 0.0304 e. The molecule has 2 aliphatic rings. The second kappa shape index (κ2) is 5.40. The third kappa shape index (κ3) is 2.64. The van der Waals surface area contributed by atoms with Gasteiger partial charge >= 0.3 is 0 Å². The van der Waals surface area contributed by atoms with Crippen molar-refractivity contribution in [2.75, 3.05) is 19.6 Å². The molecule has 0 amide bonds. The van der Waals surface area contributed by atoms with Crippen LogP contribution in [0.15, 0.2) is 24.3 Å². The number of hydrogen-bond acceptors (Lipinski definition) is 2. The van der Waals surface area contributed by atoms with E-state index in [9.17, 15) is 0 Å². The van der Waals surface area contributed by atoms with Crippen LogP contribution in [0.1, 0.15) is 57.6 Å². The molecule has 1 aromatic rings. The van der Waals surface area contributed by atoms with Crippen LogP contribution >= 0.6 is 0 Å². The van der Waals surface area contributed by atoms with Crippen LogP contribution < -0.4 is 5.32 Å². The zero-order valence-electron chi connectivity index (χ0n) is 14.1. The summed E-state index contributed by atoms with van der Waals surface area (Å²) >= 11 is 0. The minimum Gasteiger partial charge on any atom is -0.308 e. The Kier molecular flexibility index (Phi) is 3.87. The van der Waals surface area contributed by atoms with Crippen LogP contribution in [0.5, 0.6) is 0 Å².